The lowest BCUT2D eigenvalue weighted by Crippen LogP contribution is -2.41. The molecule has 9 nitrogen and oxygen atoms in total. The van der Waals surface area contributed by atoms with Crippen molar-refractivity contribution in [3.63, 3.8) is 0 Å². The molecule has 1 heterocycles. The molecule has 9 heteroatoms. The second-order valence-corrected chi connectivity index (χ2v) is 7.39. The summed E-state index contributed by atoms with van der Waals surface area (Å²) in [5.74, 6) is -1.62. The topological polar surface area (TPSA) is 114 Å². The number of rotatable bonds is 7. The lowest BCUT2D eigenvalue weighted by molar-refractivity contribution is -0.384. The molecule has 1 unspecified atom stereocenters. The number of anilines is 1. The monoisotopic (exact) mass is 426 g/mol. The minimum absolute atomic E-state index is 0.0356. The Morgan fingerprint density at radius 3 is 2.71 bits per heavy atom. The maximum Gasteiger partial charge on any atom is 0.313 e. The van der Waals surface area contributed by atoms with Crippen molar-refractivity contribution in [3.05, 3.63) is 69.8 Å². The second kappa shape index (κ2) is 10.6. The first-order chi connectivity index (χ1) is 14.9. The predicted octanol–water partition coefficient (Wildman–Crippen LogP) is 2.42. The van der Waals surface area contributed by atoms with Crippen LogP contribution in [-0.4, -0.2) is 54.4 Å². The molecule has 0 bridgehead atoms. The molecule has 164 valence electrons. The molecule has 1 aliphatic heterocycles. The van der Waals surface area contributed by atoms with Crippen molar-refractivity contribution in [2.75, 3.05) is 38.1 Å². The van der Waals surface area contributed by atoms with Crippen LogP contribution in [0.15, 0.2) is 48.5 Å². The Morgan fingerprint density at radius 1 is 1.19 bits per heavy atom. The molecule has 1 atom stereocenters. The van der Waals surface area contributed by atoms with E-state index in [-0.39, 0.29) is 17.5 Å². The van der Waals surface area contributed by atoms with E-state index in [2.05, 4.69) is 27.7 Å². The number of nitro groups is 1. The van der Waals surface area contributed by atoms with Crippen LogP contribution in [0, 0.1) is 17.0 Å². The normalized spacial score (nSPS) is 16.5. The van der Waals surface area contributed by atoms with Crippen LogP contribution < -0.4 is 10.6 Å². The number of hydrogen-bond donors (Lipinski definition) is 2. The van der Waals surface area contributed by atoms with Gasteiger partial charge in [0.25, 0.3) is 5.69 Å². The molecule has 0 spiro atoms. The number of benzene rings is 2. The number of nitrogens with zero attached hydrogens (tertiary/aromatic N) is 2. The zero-order valence-electron chi connectivity index (χ0n) is 17.4. The zero-order chi connectivity index (χ0) is 22.2. The third-order valence-electron chi connectivity index (χ3n) is 5.15. The van der Waals surface area contributed by atoms with Gasteiger partial charge in [0.05, 0.1) is 23.3 Å². The van der Waals surface area contributed by atoms with E-state index in [0.29, 0.717) is 25.1 Å². The average molecular weight is 426 g/mol. The number of nitrogens with one attached hydrogen (secondary N) is 2. The molecule has 0 aliphatic carbocycles. The van der Waals surface area contributed by atoms with Gasteiger partial charge in [-0.2, -0.15) is 0 Å². The number of aryl methyl sites for hydroxylation is 1. The smallest absolute Gasteiger partial charge is 0.313 e. The Hall–Kier alpha value is -3.30. The van der Waals surface area contributed by atoms with Crippen LogP contribution in [0.1, 0.15) is 23.7 Å². The minimum Gasteiger partial charge on any atom is -0.371 e. The molecule has 0 radical (unpaired) electrons. The van der Waals surface area contributed by atoms with E-state index in [1.807, 2.05) is 18.2 Å². The molecule has 0 aromatic heterocycles. The molecule has 2 aromatic carbocycles. The van der Waals surface area contributed by atoms with E-state index < -0.39 is 16.7 Å². The number of non-ortho nitro benzene ring substituents is 1. The van der Waals surface area contributed by atoms with Crippen molar-refractivity contribution in [1.29, 1.82) is 0 Å². The van der Waals surface area contributed by atoms with Gasteiger partial charge in [0.2, 0.25) is 0 Å². The molecule has 2 N–H and O–H groups in total. The summed E-state index contributed by atoms with van der Waals surface area (Å²) >= 11 is 0. The summed E-state index contributed by atoms with van der Waals surface area (Å²) in [6.45, 7) is 5.08. The molecular weight excluding hydrogens is 400 g/mol. The van der Waals surface area contributed by atoms with Crippen LogP contribution in [0.5, 0.6) is 0 Å². The maximum absolute atomic E-state index is 12.1. The van der Waals surface area contributed by atoms with Crippen molar-refractivity contribution < 1.29 is 19.2 Å². The van der Waals surface area contributed by atoms with Crippen LogP contribution in [0.25, 0.3) is 0 Å². The Bertz CT molecular complexity index is 935. The third kappa shape index (κ3) is 6.34. The van der Waals surface area contributed by atoms with Gasteiger partial charge in [0, 0.05) is 38.3 Å². The van der Waals surface area contributed by atoms with Gasteiger partial charge < -0.3 is 15.4 Å². The summed E-state index contributed by atoms with van der Waals surface area (Å²) in [6, 6.07) is 14.2. The van der Waals surface area contributed by atoms with E-state index in [0.717, 1.165) is 25.2 Å². The summed E-state index contributed by atoms with van der Waals surface area (Å²) in [7, 11) is 0. The van der Waals surface area contributed by atoms with E-state index in [9.17, 15) is 19.7 Å². The zero-order valence-corrected chi connectivity index (χ0v) is 17.4. The molecule has 2 amide bonds. The predicted molar refractivity (Wildman–Crippen MR) is 116 cm³/mol. The van der Waals surface area contributed by atoms with Crippen molar-refractivity contribution in [1.82, 2.24) is 10.2 Å². The van der Waals surface area contributed by atoms with Gasteiger partial charge in [-0.3, -0.25) is 24.6 Å². The highest BCUT2D eigenvalue weighted by atomic mass is 16.6. The Kier molecular flexibility index (Phi) is 7.69. The largest absolute Gasteiger partial charge is 0.371 e. The number of morpholine rings is 1. The highest BCUT2D eigenvalue weighted by molar-refractivity contribution is 6.39. The van der Waals surface area contributed by atoms with Gasteiger partial charge >= 0.3 is 11.8 Å². The van der Waals surface area contributed by atoms with Gasteiger partial charge in [-0.15, -0.1) is 0 Å². The van der Waals surface area contributed by atoms with Gasteiger partial charge in [-0.05, 0) is 24.5 Å². The molecule has 1 aliphatic rings. The molecule has 1 fully saturated rings. The Balaban J connectivity index is 1.41. The molecule has 1 saturated heterocycles. The van der Waals surface area contributed by atoms with Gasteiger partial charge in [0.1, 0.15) is 0 Å². The summed E-state index contributed by atoms with van der Waals surface area (Å²) in [5, 5.41) is 15.9. The van der Waals surface area contributed by atoms with Crippen LogP contribution in [0.3, 0.4) is 0 Å². The first-order valence-corrected chi connectivity index (χ1v) is 10.2. The molecule has 31 heavy (non-hydrogen) atoms. The van der Waals surface area contributed by atoms with Gasteiger partial charge in [0.15, 0.2) is 0 Å². The lowest BCUT2D eigenvalue weighted by Gasteiger charge is -2.33. The quantitative estimate of drug-likeness (QED) is 0.304. The standard InChI is InChI=1S/C22H26N4O5/c1-16-8-9-18(26(29)30)14-19(16)24-22(28)21(27)23-10-5-11-25-12-13-31-20(15-25)17-6-3-2-4-7-17/h2-4,6-9,14,20H,5,10-13,15H2,1H3,(H,23,27)(H,24,28). The van der Waals surface area contributed by atoms with Crippen LogP contribution in [-0.2, 0) is 14.3 Å². The first kappa shape index (κ1) is 22.4. The number of carbonyl (C=O) groups excluding carboxylic acids is 2. The van der Waals surface area contributed by atoms with E-state index >= 15 is 0 Å². The second-order valence-electron chi connectivity index (χ2n) is 7.39. The average Bonchev–Trinajstić information content (AvgIpc) is 2.78. The van der Waals surface area contributed by atoms with Gasteiger partial charge in [-0.1, -0.05) is 36.4 Å². The fourth-order valence-corrected chi connectivity index (χ4v) is 3.40. The van der Waals surface area contributed by atoms with Crippen LogP contribution in [0.4, 0.5) is 11.4 Å². The summed E-state index contributed by atoms with van der Waals surface area (Å²) < 4.78 is 5.85. The van der Waals surface area contributed by atoms with E-state index in [1.54, 1.807) is 6.92 Å². The molecule has 0 saturated carbocycles. The highest BCUT2D eigenvalue weighted by Gasteiger charge is 2.22. The van der Waals surface area contributed by atoms with E-state index in [4.69, 9.17) is 4.74 Å². The number of nitro benzene ring substituents is 1. The van der Waals surface area contributed by atoms with E-state index in [1.165, 1.54) is 18.2 Å². The SMILES string of the molecule is Cc1ccc([N+](=O)[O-])cc1NC(=O)C(=O)NCCCN1CCOC(c2ccccc2)C1. The summed E-state index contributed by atoms with van der Waals surface area (Å²) in [6.07, 6.45) is 0.726. The van der Waals surface area contributed by atoms with Gasteiger partial charge in [-0.25, -0.2) is 0 Å². The number of amides is 2. The fraction of sp³-hybridized carbons (Fsp3) is 0.364. The Labute approximate surface area is 180 Å². The minimum atomic E-state index is -0.848. The first-order valence-electron chi connectivity index (χ1n) is 10.2. The molecular formula is C22H26N4O5. The van der Waals surface area contributed by atoms with Crippen LogP contribution in [0.2, 0.25) is 0 Å². The van der Waals surface area contributed by atoms with Crippen molar-refractivity contribution in [2.45, 2.75) is 19.4 Å². The highest BCUT2D eigenvalue weighted by Crippen LogP contribution is 2.22. The van der Waals surface area contributed by atoms with Crippen molar-refractivity contribution in [2.24, 2.45) is 0 Å². The van der Waals surface area contributed by atoms with Crippen molar-refractivity contribution in [3.8, 4) is 0 Å². The summed E-state index contributed by atoms with van der Waals surface area (Å²) in [4.78, 5) is 36.8. The lowest BCUT2D eigenvalue weighted by atomic mass is 10.1. The van der Waals surface area contributed by atoms with Crippen molar-refractivity contribution >= 4 is 23.2 Å². The number of hydrogen-bond acceptors (Lipinski definition) is 6. The third-order valence-corrected chi connectivity index (χ3v) is 5.15. The number of ether oxygens (including phenoxy) is 1. The fourth-order valence-electron chi connectivity index (χ4n) is 3.40. The maximum atomic E-state index is 12.1. The summed E-state index contributed by atoms with van der Waals surface area (Å²) in [5.41, 5.74) is 1.87. The molecule has 3 rings (SSSR count). The Morgan fingerprint density at radius 2 is 1.97 bits per heavy atom. The molecule has 2 aromatic rings. The van der Waals surface area contributed by atoms with Crippen LogP contribution >= 0.6 is 0 Å². The number of carbonyl (C=O) groups is 2.